The number of hydrogen-bond acceptors (Lipinski definition) is 1. The normalized spacial score (nSPS) is 12.8. The number of benzene rings is 1. The van der Waals surface area contributed by atoms with E-state index < -0.39 is 0 Å². The second-order valence-corrected chi connectivity index (χ2v) is 3.59. The molecule has 0 heterocycles. The maximum Gasteiger partial charge on any atom is 0.246 e. The number of rotatable bonds is 4. The van der Waals surface area contributed by atoms with Crippen molar-refractivity contribution >= 4 is 10.5 Å². The van der Waals surface area contributed by atoms with Crippen molar-refractivity contribution in [2.24, 2.45) is 0 Å². The molecule has 2 heteroatoms. The van der Waals surface area contributed by atoms with E-state index in [1.165, 1.54) is 17.5 Å². The first-order chi connectivity index (χ1) is 6.29. The molecule has 1 atom stereocenters. The summed E-state index contributed by atoms with van der Waals surface area (Å²) < 4.78 is 4.97. The molecule has 0 bridgehead atoms. The molecule has 1 unspecified atom stereocenters. The molecule has 0 amide bonds. The molecule has 0 spiro atoms. The van der Waals surface area contributed by atoms with Gasteiger partial charge in [0.25, 0.3) is 0 Å². The van der Waals surface area contributed by atoms with Crippen LogP contribution in [0.2, 0.25) is 0 Å². The predicted molar refractivity (Wildman–Crippen MR) is 55.7 cm³/mol. The van der Waals surface area contributed by atoms with Crippen molar-refractivity contribution in [2.75, 3.05) is 0 Å². The SMILES string of the molecule is CCC(C)c1ccccc1CO[Si]. The first kappa shape index (κ1) is 10.5. The molecular formula is C11H15OSi. The maximum atomic E-state index is 4.97. The van der Waals surface area contributed by atoms with E-state index in [1.807, 2.05) is 6.07 Å². The Kier molecular flexibility index (Phi) is 4.19. The lowest BCUT2D eigenvalue weighted by Gasteiger charge is -2.13. The van der Waals surface area contributed by atoms with Crippen LogP contribution in [0.3, 0.4) is 0 Å². The first-order valence-electron chi connectivity index (χ1n) is 4.66. The third-order valence-corrected chi connectivity index (χ3v) is 2.57. The fourth-order valence-electron chi connectivity index (χ4n) is 1.44. The summed E-state index contributed by atoms with van der Waals surface area (Å²) in [5.74, 6) is 0.609. The third kappa shape index (κ3) is 2.67. The minimum atomic E-state index is 0.609. The Morgan fingerprint density at radius 3 is 2.69 bits per heavy atom. The molecule has 0 saturated carbocycles. The van der Waals surface area contributed by atoms with Crippen LogP contribution in [-0.4, -0.2) is 10.5 Å². The molecule has 13 heavy (non-hydrogen) atoms. The average Bonchev–Trinajstić information content (AvgIpc) is 2.18. The first-order valence-corrected chi connectivity index (χ1v) is 5.06. The lowest BCUT2D eigenvalue weighted by Crippen LogP contribution is -1.99. The maximum absolute atomic E-state index is 4.97. The van der Waals surface area contributed by atoms with Crippen molar-refractivity contribution < 1.29 is 4.43 Å². The van der Waals surface area contributed by atoms with Crippen molar-refractivity contribution in [1.29, 1.82) is 0 Å². The Labute approximate surface area is 83.7 Å². The van der Waals surface area contributed by atoms with Gasteiger partial charge in [-0.2, -0.15) is 0 Å². The highest BCUT2D eigenvalue weighted by Gasteiger charge is 2.06. The van der Waals surface area contributed by atoms with E-state index in [4.69, 9.17) is 4.43 Å². The molecule has 0 aliphatic heterocycles. The van der Waals surface area contributed by atoms with Gasteiger partial charge in [-0.1, -0.05) is 38.1 Å². The van der Waals surface area contributed by atoms with Crippen LogP contribution in [0.25, 0.3) is 0 Å². The van der Waals surface area contributed by atoms with Crippen LogP contribution in [0.4, 0.5) is 0 Å². The van der Waals surface area contributed by atoms with Crippen LogP contribution in [0, 0.1) is 0 Å². The lowest BCUT2D eigenvalue weighted by molar-refractivity contribution is 0.336. The van der Waals surface area contributed by atoms with Crippen molar-refractivity contribution in [2.45, 2.75) is 32.8 Å². The molecule has 1 aromatic carbocycles. The van der Waals surface area contributed by atoms with Gasteiger partial charge in [0.1, 0.15) is 0 Å². The van der Waals surface area contributed by atoms with Gasteiger partial charge in [0.2, 0.25) is 10.5 Å². The fraction of sp³-hybridized carbons (Fsp3) is 0.455. The van der Waals surface area contributed by atoms with Gasteiger partial charge in [-0.3, -0.25) is 0 Å². The molecule has 1 nitrogen and oxygen atoms in total. The van der Waals surface area contributed by atoms with Crippen molar-refractivity contribution in [3.05, 3.63) is 35.4 Å². The monoisotopic (exact) mass is 191 g/mol. The van der Waals surface area contributed by atoms with E-state index in [-0.39, 0.29) is 0 Å². The summed E-state index contributed by atoms with van der Waals surface area (Å²) in [5, 5.41) is 0. The molecule has 1 aromatic rings. The molecule has 0 aliphatic rings. The summed E-state index contributed by atoms with van der Waals surface area (Å²) in [7, 11) is 3.04. The highest BCUT2D eigenvalue weighted by Crippen LogP contribution is 2.22. The molecule has 69 valence electrons. The predicted octanol–water partition coefficient (Wildman–Crippen LogP) is 2.80. The molecule has 0 aromatic heterocycles. The second-order valence-electron chi connectivity index (χ2n) is 3.30. The van der Waals surface area contributed by atoms with Gasteiger partial charge in [-0.15, -0.1) is 0 Å². The second kappa shape index (κ2) is 5.20. The minimum absolute atomic E-state index is 0.609. The smallest absolute Gasteiger partial charge is 0.246 e. The average molecular weight is 191 g/mol. The van der Waals surface area contributed by atoms with Crippen LogP contribution >= 0.6 is 0 Å². The van der Waals surface area contributed by atoms with Gasteiger partial charge in [0.15, 0.2) is 0 Å². The number of hydrogen-bond donors (Lipinski definition) is 0. The molecule has 0 fully saturated rings. The fourth-order valence-corrected chi connectivity index (χ4v) is 1.60. The Balaban J connectivity index is 2.90. The van der Waals surface area contributed by atoms with Crippen molar-refractivity contribution in [3.8, 4) is 0 Å². The van der Waals surface area contributed by atoms with Gasteiger partial charge in [0, 0.05) is 0 Å². The molecule has 0 aliphatic carbocycles. The largest absolute Gasteiger partial charge is 0.414 e. The Hall–Kier alpha value is -0.603. The quantitative estimate of drug-likeness (QED) is 0.665. The topological polar surface area (TPSA) is 9.23 Å². The summed E-state index contributed by atoms with van der Waals surface area (Å²) in [6, 6.07) is 8.42. The van der Waals surface area contributed by atoms with Crippen LogP contribution < -0.4 is 0 Å². The molecule has 1 rings (SSSR count). The zero-order chi connectivity index (χ0) is 9.68. The van der Waals surface area contributed by atoms with Crippen LogP contribution in [0.1, 0.15) is 37.3 Å². The molecule has 0 saturated heterocycles. The van der Waals surface area contributed by atoms with E-state index in [2.05, 4.69) is 42.5 Å². The van der Waals surface area contributed by atoms with E-state index in [1.54, 1.807) is 0 Å². The summed E-state index contributed by atoms with van der Waals surface area (Å²) in [6.45, 7) is 5.08. The summed E-state index contributed by atoms with van der Waals surface area (Å²) in [5.41, 5.74) is 2.66. The standard InChI is InChI=1S/C11H15OSi/c1-3-9(2)11-7-5-4-6-10(11)8-12-13/h4-7,9H,3,8H2,1-2H3. The molecule has 0 N–H and O–H groups in total. The van der Waals surface area contributed by atoms with Gasteiger partial charge in [0.05, 0.1) is 6.61 Å². The Bertz CT molecular complexity index is 260. The van der Waals surface area contributed by atoms with E-state index in [0.29, 0.717) is 12.5 Å². The summed E-state index contributed by atoms with van der Waals surface area (Å²) in [4.78, 5) is 0. The van der Waals surface area contributed by atoms with E-state index >= 15 is 0 Å². The molecular weight excluding hydrogens is 176 g/mol. The highest BCUT2D eigenvalue weighted by molar-refractivity contribution is 5.97. The third-order valence-electron chi connectivity index (χ3n) is 2.43. The van der Waals surface area contributed by atoms with Gasteiger partial charge < -0.3 is 4.43 Å². The summed E-state index contributed by atoms with van der Waals surface area (Å²) in [6.07, 6.45) is 1.17. The van der Waals surface area contributed by atoms with Crippen LogP contribution in [0.5, 0.6) is 0 Å². The zero-order valence-corrected chi connectivity index (χ0v) is 9.21. The minimum Gasteiger partial charge on any atom is -0.414 e. The van der Waals surface area contributed by atoms with Crippen LogP contribution in [0.15, 0.2) is 24.3 Å². The van der Waals surface area contributed by atoms with Gasteiger partial charge >= 0.3 is 0 Å². The van der Waals surface area contributed by atoms with Crippen molar-refractivity contribution in [3.63, 3.8) is 0 Å². The van der Waals surface area contributed by atoms with E-state index in [0.717, 1.165) is 0 Å². The lowest BCUT2D eigenvalue weighted by atomic mass is 9.94. The molecule has 3 radical (unpaired) electrons. The zero-order valence-electron chi connectivity index (χ0n) is 8.21. The highest BCUT2D eigenvalue weighted by atomic mass is 28.2. The van der Waals surface area contributed by atoms with Gasteiger partial charge in [-0.25, -0.2) is 0 Å². The Morgan fingerprint density at radius 2 is 2.08 bits per heavy atom. The van der Waals surface area contributed by atoms with Crippen molar-refractivity contribution in [1.82, 2.24) is 0 Å². The van der Waals surface area contributed by atoms with Gasteiger partial charge in [-0.05, 0) is 23.5 Å². The van der Waals surface area contributed by atoms with E-state index in [9.17, 15) is 0 Å². The summed E-state index contributed by atoms with van der Waals surface area (Å²) >= 11 is 0. The Morgan fingerprint density at radius 1 is 1.38 bits per heavy atom. The van der Waals surface area contributed by atoms with Crippen LogP contribution in [-0.2, 0) is 11.0 Å².